The van der Waals surface area contributed by atoms with Crippen LogP contribution in [0.25, 0.3) is 0 Å². The third kappa shape index (κ3) is 7.71. The van der Waals surface area contributed by atoms with Gasteiger partial charge in [0.25, 0.3) is 0 Å². The molecule has 0 spiro atoms. The van der Waals surface area contributed by atoms with Gasteiger partial charge in [0, 0.05) is 51.5 Å². The number of hydrogen-bond acceptors (Lipinski definition) is 6. The molecule has 0 atom stereocenters. The number of likely N-dealkylation sites (tertiary alicyclic amines) is 1. The molecule has 2 aromatic rings. The van der Waals surface area contributed by atoms with Gasteiger partial charge in [-0.3, -0.25) is 19.7 Å². The van der Waals surface area contributed by atoms with Crippen molar-refractivity contribution in [3.63, 3.8) is 0 Å². The van der Waals surface area contributed by atoms with Crippen LogP contribution in [0.15, 0.2) is 54.7 Å². The number of benzene rings is 1. The van der Waals surface area contributed by atoms with Gasteiger partial charge >= 0.3 is 11.9 Å². The van der Waals surface area contributed by atoms with Crippen LogP contribution in [0.5, 0.6) is 0 Å². The van der Waals surface area contributed by atoms with E-state index in [1.54, 1.807) is 0 Å². The molecule has 8 heteroatoms. The van der Waals surface area contributed by atoms with Crippen LogP contribution in [0.1, 0.15) is 24.1 Å². The van der Waals surface area contributed by atoms with E-state index in [-0.39, 0.29) is 0 Å². The summed E-state index contributed by atoms with van der Waals surface area (Å²) < 4.78 is 0. The summed E-state index contributed by atoms with van der Waals surface area (Å²) in [5.74, 6) is -3.65. The lowest BCUT2D eigenvalue weighted by Crippen LogP contribution is -2.52. The number of pyridine rings is 1. The zero-order chi connectivity index (χ0) is 22.8. The number of aliphatic carboxylic acids is 2. The van der Waals surface area contributed by atoms with E-state index < -0.39 is 11.9 Å². The lowest BCUT2D eigenvalue weighted by molar-refractivity contribution is -0.159. The Morgan fingerprint density at radius 1 is 0.781 bits per heavy atom. The van der Waals surface area contributed by atoms with Gasteiger partial charge in [-0.1, -0.05) is 36.4 Å². The van der Waals surface area contributed by atoms with Crippen LogP contribution >= 0.6 is 0 Å². The highest BCUT2D eigenvalue weighted by Crippen LogP contribution is 2.20. The summed E-state index contributed by atoms with van der Waals surface area (Å²) in [7, 11) is 0. The van der Waals surface area contributed by atoms with Gasteiger partial charge in [-0.25, -0.2) is 9.59 Å². The second-order valence-corrected chi connectivity index (χ2v) is 8.24. The first-order chi connectivity index (χ1) is 15.5. The zero-order valence-corrected chi connectivity index (χ0v) is 18.3. The predicted molar refractivity (Wildman–Crippen MR) is 121 cm³/mol. The maximum atomic E-state index is 9.10. The van der Waals surface area contributed by atoms with E-state index in [4.69, 9.17) is 19.8 Å². The van der Waals surface area contributed by atoms with E-state index in [1.807, 2.05) is 12.3 Å². The number of piperazine rings is 1. The fourth-order valence-electron chi connectivity index (χ4n) is 4.29. The molecule has 0 amide bonds. The number of piperidine rings is 1. The molecular weight excluding hydrogens is 408 g/mol. The number of rotatable bonds is 5. The number of carbonyl (C=O) groups is 2. The largest absolute Gasteiger partial charge is 0.473 e. The monoisotopic (exact) mass is 440 g/mol. The zero-order valence-electron chi connectivity index (χ0n) is 18.3. The number of nitrogens with zero attached hydrogens (tertiary/aromatic N) is 4. The molecule has 0 aliphatic carbocycles. The van der Waals surface area contributed by atoms with Gasteiger partial charge < -0.3 is 10.2 Å². The molecule has 1 aromatic carbocycles. The molecule has 2 saturated heterocycles. The Kier molecular flexibility index (Phi) is 9.15. The first-order valence-corrected chi connectivity index (χ1v) is 11.1. The summed E-state index contributed by atoms with van der Waals surface area (Å²) in [4.78, 5) is 30.6. The highest BCUT2D eigenvalue weighted by molar-refractivity contribution is 6.27. The Morgan fingerprint density at radius 3 is 1.94 bits per heavy atom. The average molecular weight is 441 g/mol. The van der Waals surface area contributed by atoms with Crippen molar-refractivity contribution in [3.8, 4) is 0 Å². The molecule has 0 unspecified atom stereocenters. The van der Waals surface area contributed by atoms with Crippen LogP contribution < -0.4 is 0 Å². The second kappa shape index (κ2) is 12.3. The minimum Gasteiger partial charge on any atom is -0.473 e. The number of hydrogen-bond donors (Lipinski definition) is 2. The van der Waals surface area contributed by atoms with Gasteiger partial charge in [-0.15, -0.1) is 0 Å². The number of aromatic nitrogens is 1. The minimum atomic E-state index is -1.82. The van der Waals surface area contributed by atoms with Gasteiger partial charge in [0.1, 0.15) is 0 Å². The maximum absolute atomic E-state index is 9.10. The molecule has 3 heterocycles. The molecular formula is C24H32N4O4. The van der Waals surface area contributed by atoms with Gasteiger partial charge in [0.2, 0.25) is 0 Å². The molecule has 0 bridgehead atoms. The third-order valence-electron chi connectivity index (χ3n) is 6.02. The van der Waals surface area contributed by atoms with Crippen molar-refractivity contribution >= 4 is 11.9 Å². The Hall–Kier alpha value is -2.81. The summed E-state index contributed by atoms with van der Waals surface area (Å²) in [5.41, 5.74) is 2.63. The van der Waals surface area contributed by atoms with E-state index in [9.17, 15) is 0 Å². The van der Waals surface area contributed by atoms with Crippen molar-refractivity contribution < 1.29 is 19.8 Å². The van der Waals surface area contributed by atoms with Crippen LogP contribution in [0.3, 0.4) is 0 Å². The fourth-order valence-corrected chi connectivity index (χ4v) is 4.29. The summed E-state index contributed by atoms with van der Waals surface area (Å²) >= 11 is 0. The average Bonchev–Trinajstić information content (AvgIpc) is 2.82. The molecule has 2 aliphatic rings. The molecule has 0 radical (unpaired) electrons. The topological polar surface area (TPSA) is 97.2 Å². The Balaban J connectivity index is 0.000000427. The lowest BCUT2D eigenvalue weighted by Gasteiger charge is -2.42. The van der Waals surface area contributed by atoms with E-state index in [0.717, 1.165) is 19.1 Å². The maximum Gasteiger partial charge on any atom is 0.414 e. The molecule has 1 aromatic heterocycles. The molecule has 4 rings (SSSR count). The number of carboxylic acids is 2. The van der Waals surface area contributed by atoms with Crippen molar-refractivity contribution in [2.75, 3.05) is 39.3 Å². The van der Waals surface area contributed by atoms with E-state index in [1.165, 1.54) is 63.4 Å². The van der Waals surface area contributed by atoms with Crippen molar-refractivity contribution in [1.82, 2.24) is 19.7 Å². The second-order valence-electron chi connectivity index (χ2n) is 8.24. The van der Waals surface area contributed by atoms with Crippen molar-refractivity contribution in [1.29, 1.82) is 0 Å². The molecule has 0 saturated carbocycles. The normalized spacial score (nSPS) is 18.5. The van der Waals surface area contributed by atoms with Gasteiger partial charge in [-0.05, 0) is 43.6 Å². The molecule has 8 nitrogen and oxygen atoms in total. The van der Waals surface area contributed by atoms with Crippen LogP contribution in [-0.4, -0.2) is 87.1 Å². The molecule has 2 fully saturated rings. The fraction of sp³-hybridized carbons (Fsp3) is 0.458. The lowest BCUT2D eigenvalue weighted by atomic mass is 10.0. The smallest absolute Gasteiger partial charge is 0.414 e. The van der Waals surface area contributed by atoms with Gasteiger partial charge in [0.15, 0.2) is 0 Å². The third-order valence-corrected chi connectivity index (χ3v) is 6.02. The molecule has 2 aliphatic heterocycles. The summed E-state index contributed by atoms with van der Waals surface area (Å²) in [6.45, 7) is 9.30. The van der Waals surface area contributed by atoms with Crippen molar-refractivity contribution in [2.45, 2.75) is 32.0 Å². The van der Waals surface area contributed by atoms with E-state index in [2.05, 4.69) is 62.1 Å². The Morgan fingerprint density at radius 2 is 1.38 bits per heavy atom. The van der Waals surface area contributed by atoms with E-state index in [0.29, 0.717) is 0 Å². The minimum absolute atomic E-state index is 0.777. The SMILES string of the molecule is O=C(O)C(=O)O.c1ccc(CN2CCC(N3CCN(Cc4ccccn4)CC3)CC2)cc1. The molecule has 2 N–H and O–H groups in total. The first kappa shape index (κ1) is 23.8. The Bertz CT molecular complexity index is 762. The first-order valence-electron chi connectivity index (χ1n) is 11.1. The van der Waals surface area contributed by atoms with Crippen LogP contribution in [-0.2, 0) is 22.7 Å². The summed E-state index contributed by atoms with van der Waals surface area (Å²) in [6, 6.07) is 17.9. The van der Waals surface area contributed by atoms with Gasteiger partial charge in [-0.2, -0.15) is 0 Å². The van der Waals surface area contributed by atoms with Gasteiger partial charge in [0.05, 0.1) is 5.69 Å². The van der Waals surface area contributed by atoms with Crippen LogP contribution in [0, 0.1) is 0 Å². The van der Waals surface area contributed by atoms with Crippen molar-refractivity contribution in [3.05, 3.63) is 66.0 Å². The molecule has 172 valence electrons. The highest BCUT2D eigenvalue weighted by Gasteiger charge is 2.27. The molecule has 32 heavy (non-hydrogen) atoms. The number of carboxylic acid groups (broad SMARTS) is 2. The Labute approximate surface area is 189 Å². The van der Waals surface area contributed by atoms with Crippen LogP contribution in [0.4, 0.5) is 0 Å². The van der Waals surface area contributed by atoms with Crippen LogP contribution in [0.2, 0.25) is 0 Å². The van der Waals surface area contributed by atoms with E-state index >= 15 is 0 Å². The standard InChI is InChI=1S/C22H30N4.C2H2O4/c1-2-6-20(7-3-1)18-24-12-9-22(10-13-24)26-16-14-25(15-17-26)19-21-8-4-5-11-23-21;3-1(4)2(5)6/h1-8,11,22H,9-10,12-19H2;(H,3,4)(H,5,6). The quantitative estimate of drug-likeness (QED) is 0.682. The summed E-state index contributed by atoms with van der Waals surface area (Å²) in [6.07, 6.45) is 4.52. The highest BCUT2D eigenvalue weighted by atomic mass is 16.4. The summed E-state index contributed by atoms with van der Waals surface area (Å²) in [5, 5.41) is 14.8. The van der Waals surface area contributed by atoms with Crippen molar-refractivity contribution in [2.24, 2.45) is 0 Å². The predicted octanol–water partition coefficient (Wildman–Crippen LogP) is 2.02.